The smallest absolute Gasteiger partial charge is 0.191 e. The van der Waals surface area contributed by atoms with E-state index in [0.29, 0.717) is 38.9 Å². The van der Waals surface area contributed by atoms with Crippen LogP contribution in [0.25, 0.3) is 0 Å². The molecule has 1 atom stereocenters. The van der Waals surface area contributed by atoms with Crippen LogP contribution in [0.15, 0.2) is 29.3 Å². The van der Waals surface area contributed by atoms with Gasteiger partial charge in [-0.2, -0.15) is 0 Å². The van der Waals surface area contributed by atoms with Gasteiger partial charge in [-0.15, -0.1) is 24.0 Å². The molecule has 2 N–H and O–H groups in total. The lowest BCUT2D eigenvalue weighted by molar-refractivity contribution is 0.0733. The van der Waals surface area contributed by atoms with Gasteiger partial charge < -0.3 is 24.8 Å². The first-order valence-electron chi connectivity index (χ1n) is 8.17. The highest BCUT2D eigenvalue weighted by atomic mass is 127. The van der Waals surface area contributed by atoms with Crippen LogP contribution in [0.1, 0.15) is 13.8 Å². The van der Waals surface area contributed by atoms with E-state index < -0.39 is 0 Å². The summed E-state index contributed by atoms with van der Waals surface area (Å²) in [6.07, 6.45) is -0.240. The van der Waals surface area contributed by atoms with E-state index >= 15 is 0 Å². The number of hydrogen-bond donors (Lipinski definition) is 2. The van der Waals surface area contributed by atoms with Gasteiger partial charge in [-0.1, -0.05) is 12.1 Å². The normalized spacial score (nSPS) is 12.2. The molecule has 0 radical (unpaired) electrons. The first kappa shape index (κ1) is 23.9. The van der Waals surface area contributed by atoms with Crippen molar-refractivity contribution >= 4 is 29.9 Å². The van der Waals surface area contributed by atoms with Gasteiger partial charge in [-0.3, -0.25) is 0 Å². The fourth-order valence-electron chi connectivity index (χ4n) is 1.84. The minimum Gasteiger partial charge on any atom is -0.486 e. The Balaban J connectivity index is 0.00000576. The van der Waals surface area contributed by atoms with Crippen molar-refractivity contribution in [1.82, 2.24) is 10.6 Å². The summed E-state index contributed by atoms with van der Waals surface area (Å²) >= 11 is 0. The van der Waals surface area contributed by atoms with Crippen LogP contribution in [0.4, 0.5) is 4.39 Å². The number of para-hydroxylation sites is 1. The number of benzene rings is 1. The number of guanidine groups is 1. The molecular formula is C17H29FIN3O3. The Hall–Kier alpha value is -1.13. The summed E-state index contributed by atoms with van der Waals surface area (Å²) in [5.74, 6) is 0.549. The summed E-state index contributed by atoms with van der Waals surface area (Å²) in [7, 11) is 1.64. The number of rotatable bonds is 11. The molecule has 0 aromatic heterocycles. The van der Waals surface area contributed by atoms with Crippen LogP contribution < -0.4 is 15.4 Å². The Kier molecular flexibility index (Phi) is 14.5. The van der Waals surface area contributed by atoms with E-state index in [-0.39, 0.29) is 41.6 Å². The molecule has 0 aliphatic heterocycles. The molecule has 6 nitrogen and oxygen atoms in total. The highest BCUT2D eigenvalue weighted by Gasteiger charge is 2.08. The largest absolute Gasteiger partial charge is 0.486 e. The maximum Gasteiger partial charge on any atom is 0.191 e. The number of nitrogens with zero attached hydrogens (tertiary/aromatic N) is 1. The van der Waals surface area contributed by atoms with Gasteiger partial charge in [0.2, 0.25) is 0 Å². The predicted octanol–water partition coefficient (Wildman–Crippen LogP) is 2.43. The van der Waals surface area contributed by atoms with Crippen LogP contribution >= 0.6 is 24.0 Å². The van der Waals surface area contributed by atoms with Gasteiger partial charge in [0.05, 0.1) is 26.4 Å². The lowest BCUT2D eigenvalue weighted by Crippen LogP contribution is -2.39. The monoisotopic (exact) mass is 469 g/mol. The average molecular weight is 469 g/mol. The second-order valence-corrected chi connectivity index (χ2v) is 5.11. The third kappa shape index (κ3) is 11.2. The summed E-state index contributed by atoms with van der Waals surface area (Å²) in [5.41, 5.74) is 0. The van der Waals surface area contributed by atoms with E-state index in [1.807, 2.05) is 13.8 Å². The van der Waals surface area contributed by atoms with Crippen molar-refractivity contribution in [3.8, 4) is 5.75 Å². The molecule has 144 valence electrons. The quantitative estimate of drug-likeness (QED) is 0.226. The SMILES string of the molecule is CCNC(=NCC(C)Oc1ccccc1F)NCCOCCOC.I. The first-order valence-corrected chi connectivity index (χ1v) is 8.17. The van der Waals surface area contributed by atoms with Crippen LogP contribution in [0.5, 0.6) is 5.75 Å². The molecule has 0 saturated heterocycles. The number of methoxy groups -OCH3 is 1. The summed E-state index contributed by atoms with van der Waals surface area (Å²) in [6, 6.07) is 6.35. The van der Waals surface area contributed by atoms with Crippen molar-refractivity contribution in [2.75, 3.05) is 46.6 Å². The third-order valence-electron chi connectivity index (χ3n) is 2.99. The molecule has 0 aliphatic rings. The molecule has 0 bridgehead atoms. The van der Waals surface area contributed by atoms with Gasteiger partial charge in [-0.05, 0) is 26.0 Å². The minimum atomic E-state index is -0.369. The number of aliphatic imine (C=N–C) groups is 1. The summed E-state index contributed by atoms with van der Waals surface area (Å²) in [6.45, 7) is 7.36. The summed E-state index contributed by atoms with van der Waals surface area (Å²) < 4.78 is 29.4. The first-order chi connectivity index (χ1) is 11.7. The topological polar surface area (TPSA) is 64.1 Å². The Morgan fingerprint density at radius 1 is 1.20 bits per heavy atom. The molecule has 0 aliphatic carbocycles. The van der Waals surface area contributed by atoms with Gasteiger partial charge >= 0.3 is 0 Å². The zero-order valence-corrected chi connectivity index (χ0v) is 17.4. The van der Waals surface area contributed by atoms with E-state index in [0.717, 1.165) is 6.54 Å². The second-order valence-electron chi connectivity index (χ2n) is 5.11. The molecule has 1 unspecified atom stereocenters. The van der Waals surface area contributed by atoms with Crippen molar-refractivity contribution in [2.24, 2.45) is 4.99 Å². The zero-order valence-electron chi connectivity index (χ0n) is 15.1. The van der Waals surface area contributed by atoms with Crippen LogP contribution in [0.2, 0.25) is 0 Å². The van der Waals surface area contributed by atoms with Crippen molar-refractivity contribution in [3.63, 3.8) is 0 Å². The van der Waals surface area contributed by atoms with E-state index in [1.54, 1.807) is 25.3 Å². The van der Waals surface area contributed by atoms with Gasteiger partial charge in [0.1, 0.15) is 6.10 Å². The Morgan fingerprint density at radius 3 is 2.64 bits per heavy atom. The van der Waals surface area contributed by atoms with E-state index in [4.69, 9.17) is 14.2 Å². The molecule has 8 heteroatoms. The highest BCUT2D eigenvalue weighted by molar-refractivity contribution is 14.0. The van der Waals surface area contributed by atoms with Gasteiger partial charge in [0.15, 0.2) is 17.5 Å². The molecule has 1 aromatic rings. The van der Waals surface area contributed by atoms with Crippen LogP contribution in [-0.2, 0) is 9.47 Å². The van der Waals surface area contributed by atoms with Crippen molar-refractivity contribution < 1.29 is 18.6 Å². The van der Waals surface area contributed by atoms with E-state index in [2.05, 4.69) is 15.6 Å². The molecule has 0 amide bonds. The Labute approximate surface area is 166 Å². The van der Waals surface area contributed by atoms with Gasteiger partial charge in [0.25, 0.3) is 0 Å². The Bertz CT molecular complexity index is 492. The van der Waals surface area contributed by atoms with Gasteiger partial charge in [-0.25, -0.2) is 9.38 Å². The van der Waals surface area contributed by atoms with Crippen molar-refractivity contribution in [2.45, 2.75) is 20.0 Å². The van der Waals surface area contributed by atoms with E-state index in [9.17, 15) is 4.39 Å². The fourth-order valence-corrected chi connectivity index (χ4v) is 1.84. The van der Waals surface area contributed by atoms with Crippen LogP contribution in [0.3, 0.4) is 0 Å². The van der Waals surface area contributed by atoms with Gasteiger partial charge in [0, 0.05) is 20.2 Å². The number of nitrogens with one attached hydrogen (secondary N) is 2. The standard InChI is InChI=1S/C17H28FN3O3.HI/c1-4-19-17(20-9-10-23-12-11-22-3)21-13-14(2)24-16-8-6-5-7-15(16)18;/h5-8,14H,4,9-13H2,1-3H3,(H2,19,20,21);1H. The molecule has 0 saturated carbocycles. The Morgan fingerprint density at radius 2 is 1.96 bits per heavy atom. The lowest BCUT2D eigenvalue weighted by Gasteiger charge is -2.15. The molecule has 25 heavy (non-hydrogen) atoms. The number of ether oxygens (including phenoxy) is 3. The lowest BCUT2D eigenvalue weighted by atomic mass is 10.3. The molecule has 0 spiro atoms. The third-order valence-corrected chi connectivity index (χ3v) is 2.99. The summed E-state index contributed by atoms with van der Waals surface area (Å²) in [5, 5.41) is 6.32. The molecule has 1 aromatic carbocycles. The predicted molar refractivity (Wildman–Crippen MR) is 109 cm³/mol. The molecular weight excluding hydrogens is 440 g/mol. The zero-order chi connectivity index (χ0) is 17.6. The number of halogens is 2. The minimum absolute atomic E-state index is 0. The molecule has 0 heterocycles. The number of hydrogen-bond acceptors (Lipinski definition) is 4. The van der Waals surface area contributed by atoms with Crippen molar-refractivity contribution in [1.29, 1.82) is 0 Å². The maximum absolute atomic E-state index is 13.6. The average Bonchev–Trinajstić information content (AvgIpc) is 2.57. The summed E-state index contributed by atoms with van der Waals surface area (Å²) in [4.78, 5) is 4.44. The second kappa shape index (κ2) is 15.2. The van der Waals surface area contributed by atoms with Crippen molar-refractivity contribution in [3.05, 3.63) is 30.1 Å². The maximum atomic E-state index is 13.6. The highest BCUT2D eigenvalue weighted by Crippen LogP contribution is 2.16. The molecule has 0 fully saturated rings. The van der Waals surface area contributed by atoms with Crippen LogP contribution in [-0.4, -0.2) is 58.6 Å². The fraction of sp³-hybridized carbons (Fsp3) is 0.588. The van der Waals surface area contributed by atoms with Crippen LogP contribution in [0, 0.1) is 5.82 Å². The van der Waals surface area contributed by atoms with E-state index in [1.165, 1.54) is 6.07 Å². The molecule has 1 rings (SSSR count).